The highest BCUT2D eigenvalue weighted by Crippen LogP contribution is 2.24. The van der Waals surface area contributed by atoms with Crippen LogP contribution in [0.2, 0.25) is 10.3 Å². The van der Waals surface area contributed by atoms with Gasteiger partial charge in [0.1, 0.15) is 5.82 Å². The first-order valence-electron chi connectivity index (χ1n) is 4.58. The number of aryl methyl sites for hydroxylation is 1. The Hall–Kier alpha value is -1.06. The molecule has 0 spiro atoms. The number of hydrogen-bond acceptors (Lipinski definition) is 2. The second kappa shape index (κ2) is 4.21. The maximum absolute atomic E-state index is 6.08. The first-order chi connectivity index (χ1) is 7.24. The molecule has 0 saturated heterocycles. The Morgan fingerprint density at radius 1 is 1.20 bits per heavy atom. The van der Waals surface area contributed by atoms with E-state index in [1.165, 1.54) is 0 Å². The smallest absolute Gasteiger partial charge is 0.229 e. The Morgan fingerprint density at radius 3 is 2.60 bits per heavy atom. The van der Waals surface area contributed by atoms with Gasteiger partial charge in [-0.05, 0) is 23.7 Å². The average molecular weight is 242 g/mol. The zero-order valence-corrected chi connectivity index (χ0v) is 9.63. The topological polar surface area (TPSA) is 30.7 Å². The number of hydrogen-bond donors (Lipinski definition) is 0. The number of aromatic nitrogens is 3. The summed E-state index contributed by atoms with van der Waals surface area (Å²) in [6.07, 6.45) is 0.755. The molecule has 0 aliphatic carbocycles. The van der Waals surface area contributed by atoms with Gasteiger partial charge in [-0.15, -0.1) is 10.2 Å². The lowest BCUT2D eigenvalue weighted by molar-refractivity contribution is 0.883. The summed E-state index contributed by atoms with van der Waals surface area (Å²) in [6.45, 7) is 1.99. The van der Waals surface area contributed by atoms with Crippen LogP contribution in [0.5, 0.6) is 0 Å². The average Bonchev–Trinajstić information content (AvgIpc) is 2.60. The molecule has 0 aliphatic rings. The van der Waals surface area contributed by atoms with Crippen molar-refractivity contribution in [1.82, 2.24) is 14.8 Å². The van der Waals surface area contributed by atoms with Crippen molar-refractivity contribution in [3.63, 3.8) is 0 Å². The second-order valence-corrected chi connectivity index (χ2v) is 3.77. The molecule has 15 heavy (non-hydrogen) atoms. The molecule has 0 N–H and O–H groups in total. The van der Waals surface area contributed by atoms with Gasteiger partial charge < -0.3 is 0 Å². The van der Waals surface area contributed by atoms with Crippen LogP contribution in [0, 0.1) is 0 Å². The van der Waals surface area contributed by atoms with Crippen molar-refractivity contribution in [3.05, 3.63) is 40.4 Å². The molecule has 5 heteroatoms. The summed E-state index contributed by atoms with van der Waals surface area (Å²) in [4.78, 5) is 0. The third kappa shape index (κ3) is 1.85. The second-order valence-electron chi connectivity index (χ2n) is 3.03. The van der Waals surface area contributed by atoms with Crippen molar-refractivity contribution in [2.24, 2.45) is 0 Å². The quantitative estimate of drug-likeness (QED) is 0.809. The lowest BCUT2D eigenvalue weighted by Crippen LogP contribution is -2.00. The minimum Gasteiger partial charge on any atom is -0.268 e. The molecule has 0 amide bonds. The Kier molecular flexibility index (Phi) is 2.93. The van der Waals surface area contributed by atoms with Gasteiger partial charge in [-0.2, -0.15) is 0 Å². The van der Waals surface area contributed by atoms with Gasteiger partial charge in [0, 0.05) is 6.42 Å². The Labute approximate surface area is 97.7 Å². The number of nitrogens with zero attached hydrogens (tertiary/aromatic N) is 3. The Morgan fingerprint density at radius 2 is 1.93 bits per heavy atom. The van der Waals surface area contributed by atoms with Crippen LogP contribution in [0.4, 0.5) is 0 Å². The van der Waals surface area contributed by atoms with Gasteiger partial charge in [-0.25, -0.2) is 0 Å². The van der Waals surface area contributed by atoms with E-state index in [1.807, 2.05) is 31.2 Å². The number of benzene rings is 1. The molecule has 2 rings (SSSR count). The zero-order chi connectivity index (χ0) is 10.8. The summed E-state index contributed by atoms with van der Waals surface area (Å²) in [6, 6.07) is 7.47. The van der Waals surface area contributed by atoms with E-state index in [0.29, 0.717) is 10.3 Å². The van der Waals surface area contributed by atoms with Gasteiger partial charge in [0.15, 0.2) is 0 Å². The molecule has 1 aromatic carbocycles. The largest absolute Gasteiger partial charge is 0.268 e. The van der Waals surface area contributed by atoms with E-state index in [4.69, 9.17) is 23.2 Å². The minimum atomic E-state index is 0.333. The van der Waals surface area contributed by atoms with Crippen LogP contribution < -0.4 is 0 Å². The molecule has 3 nitrogen and oxygen atoms in total. The normalized spacial score (nSPS) is 10.6. The predicted molar refractivity (Wildman–Crippen MR) is 60.8 cm³/mol. The van der Waals surface area contributed by atoms with Crippen LogP contribution in [-0.4, -0.2) is 14.8 Å². The van der Waals surface area contributed by atoms with Crippen molar-refractivity contribution in [3.8, 4) is 5.69 Å². The van der Waals surface area contributed by atoms with E-state index in [9.17, 15) is 0 Å². The van der Waals surface area contributed by atoms with Gasteiger partial charge in [0.25, 0.3) is 0 Å². The van der Waals surface area contributed by atoms with Crippen LogP contribution >= 0.6 is 23.2 Å². The van der Waals surface area contributed by atoms with Crippen molar-refractivity contribution in [2.45, 2.75) is 13.3 Å². The highest BCUT2D eigenvalue weighted by Gasteiger charge is 2.12. The third-order valence-corrected chi connectivity index (χ3v) is 2.66. The Balaban J connectivity index is 2.63. The lowest BCUT2D eigenvalue weighted by atomic mass is 10.3. The molecular formula is C10H9Cl2N3. The standard InChI is InChI=1S/C10H9Cl2N3/c1-2-9-13-14-10(12)15(9)8-6-4-3-5-7(8)11/h3-6H,2H2,1H3. The van der Waals surface area contributed by atoms with Crippen molar-refractivity contribution in [1.29, 1.82) is 0 Å². The molecule has 0 fully saturated rings. The van der Waals surface area contributed by atoms with E-state index >= 15 is 0 Å². The lowest BCUT2D eigenvalue weighted by Gasteiger charge is -2.07. The van der Waals surface area contributed by atoms with E-state index < -0.39 is 0 Å². The molecular weight excluding hydrogens is 233 g/mol. The maximum Gasteiger partial charge on any atom is 0.229 e. The summed E-state index contributed by atoms with van der Waals surface area (Å²) in [5.74, 6) is 0.799. The highest BCUT2D eigenvalue weighted by molar-refractivity contribution is 6.33. The maximum atomic E-state index is 6.08. The molecule has 78 valence electrons. The molecule has 0 radical (unpaired) electrons. The van der Waals surface area contributed by atoms with Gasteiger partial charge >= 0.3 is 0 Å². The Bertz CT molecular complexity index is 479. The van der Waals surface area contributed by atoms with Gasteiger partial charge in [-0.3, -0.25) is 4.57 Å². The molecule has 0 saturated carbocycles. The fourth-order valence-corrected chi connectivity index (χ4v) is 1.84. The first kappa shape index (κ1) is 10.5. The number of para-hydroxylation sites is 1. The van der Waals surface area contributed by atoms with Crippen molar-refractivity contribution in [2.75, 3.05) is 0 Å². The van der Waals surface area contributed by atoms with Gasteiger partial charge in [0.05, 0.1) is 10.7 Å². The minimum absolute atomic E-state index is 0.333. The van der Waals surface area contributed by atoms with E-state index in [0.717, 1.165) is 17.9 Å². The summed E-state index contributed by atoms with van der Waals surface area (Å²) in [5, 5.41) is 8.77. The molecule has 1 aromatic heterocycles. The predicted octanol–water partition coefficient (Wildman–Crippen LogP) is 3.14. The monoisotopic (exact) mass is 241 g/mol. The van der Waals surface area contributed by atoms with E-state index in [1.54, 1.807) is 4.57 Å². The van der Waals surface area contributed by atoms with Crippen LogP contribution in [-0.2, 0) is 6.42 Å². The van der Waals surface area contributed by atoms with E-state index in [-0.39, 0.29) is 0 Å². The summed E-state index contributed by atoms with van der Waals surface area (Å²) in [5.41, 5.74) is 0.811. The molecule has 0 unspecified atom stereocenters. The fourth-order valence-electron chi connectivity index (χ4n) is 1.40. The fraction of sp³-hybridized carbons (Fsp3) is 0.200. The first-order valence-corrected chi connectivity index (χ1v) is 5.34. The van der Waals surface area contributed by atoms with Crippen LogP contribution in [0.3, 0.4) is 0 Å². The van der Waals surface area contributed by atoms with Crippen LogP contribution in [0.1, 0.15) is 12.7 Å². The third-order valence-electron chi connectivity index (χ3n) is 2.10. The van der Waals surface area contributed by atoms with Crippen LogP contribution in [0.25, 0.3) is 5.69 Å². The van der Waals surface area contributed by atoms with Gasteiger partial charge in [-0.1, -0.05) is 30.7 Å². The van der Waals surface area contributed by atoms with E-state index in [2.05, 4.69) is 10.2 Å². The molecule has 2 aromatic rings. The molecule has 0 atom stereocenters. The highest BCUT2D eigenvalue weighted by atomic mass is 35.5. The summed E-state index contributed by atoms with van der Waals surface area (Å²) in [7, 11) is 0. The number of halogens is 2. The SMILES string of the molecule is CCc1nnc(Cl)n1-c1ccccc1Cl. The van der Waals surface area contributed by atoms with Gasteiger partial charge in [0.2, 0.25) is 5.28 Å². The van der Waals surface area contributed by atoms with Crippen LogP contribution in [0.15, 0.2) is 24.3 Å². The zero-order valence-electron chi connectivity index (χ0n) is 8.11. The molecule has 0 aliphatic heterocycles. The van der Waals surface area contributed by atoms with Crippen molar-refractivity contribution >= 4 is 23.2 Å². The number of rotatable bonds is 2. The van der Waals surface area contributed by atoms with Crippen molar-refractivity contribution < 1.29 is 0 Å². The molecule has 0 bridgehead atoms. The molecule has 1 heterocycles. The summed E-state index contributed by atoms with van der Waals surface area (Å²) < 4.78 is 1.75. The summed E-state index contributed by atoms with van der Waals surface area (Å²) >= 11 is 12.0.